The monoisotopic (exact) mass is 551 g/mol. The lowest BCUT2D eigenvalue weighted by Gasteiger charge is -2.28. The molecule has 5 rings (SSSR count). The maximum atomic E-state index is 12.9. The number of aliphatic hydroxyl groups excluding tert-OH is 1. The summed E-state index contributed by atoms with van der Waals surface area (Å²) in [5, 5.41) is 23.5. The van der Waals surface area contributed by atoms with Crippen LogP contribution in [0.15, 0.2) is 40.9 Å². The lowest BCUT2D eigenvalue weighted by atomic mass is 9.85. The SMILES string of the molecule is CC(C)Oc1ccc(-c2nc(-c3cccc4c3CCC[C@H]4NS(=O)(=O)CCN3CC[C@@H](O)C3)no2)cc1C#N. The van der Waals surface area contributed by atoms with Crippen molar-refractivity contribution in [2.45, 2.75) is 57.8 Å². The highest BCUT2D eigenvalue weighted by Crippen LogP contribution is 2.36. The van der Waals surface area contributed by atoms with Crippen LogP contribution in [0.5, 0.6) is 5.75 Å². The van der Waals surface area contributed by atoms with Crippen LogP contribution in [0.25, 0.3) is 22.8 Å². The van der Waals surface area contributed by atoms with Crippen molar-refractivity contribution in [3.8, 4) is 34.7 Å². The number of rotatable bonds is 9. The molecule has 206 valence electrons. The molecule has 1 aromatic heterocycles. The summed E-state index contributed by atoms with van der Waals surface area (Å²) in [6, 6.07) is 12.8. The fraction of sp³-hybridized carbons (Fsp3) is 0.464. The third-order valence-corrected chi connectivity index (χ3v) is 8.49. The summed E-state index contributed by atoms with van der Waals surface area (Å²) >= 11 is 0. The van der Waals surface area contributed by atoms with Crippen LogP contribution in [0.2, 0.25) is 0 Å². The van der Waals surface area contributed by atoms with Gasteiger partial charge >= 0.3 is 0 Å². The molecule has 0 unspecified atom stereocenters. The minimum atomic E-state index is -3.52. The van der Waals surface area contributed by atoms with E-state index in [0.717, 1.165) is 29.5 Å². The molecule has 0 bridgehead atoms. The quantitative estimate of drug-likeness (QED) is 0.409. The fourth-order valence-electron chi connectivity index (χ4n) is 5.28. The number of hydrogen-bond acceptors (Lipinski definition) is 9. The first-order valence-corrected chi connectivity index (χ1v) is 14.9. The number of nitriles is 1. The number of β-amino-alcohol motifs (C(OH)–C–C–N with tert-alkyl or cyclic N) is 1. The number of benzene rings is 2. The Labute approximate surface area is 228 Å². The summed E-state index contributed by atoms with van der Waals surface area (Å²) in [4.78, 5) is 6.59. The molecule has 0 saturated carbocycles. The minimum Gasteiger partial charge on any atom is -0.490 e. The van der Waals surface area contributed by atoms with Gasteiger partial charge in [-0.25, -0.2) is 13.1 Å². The molecule has 0 spiro atoms. The highest BCUT2D eigenvalue weighted by atomic mass is 32.2. The van der Waals surface area contributed by atoms with Gasteiger partial charge in [-0.3, -0.25) is 4.90 Å². The fourth-order valence-corrected chi connectivity index (χ4v) is 6.57. The highest BCUT2D eigenvalue weighted by Gasteiger charge is 2.29. The number of aliphatic hydroxyl groups is 1. The summed E-state index contributed by atoms with van der Waals surface area (Å²) in [6.45, 7) is 5.43. The van der Waals surface area contributed by atoms with Crippen LogP contribution in [0, 0.1) is 11.3 Å². The van der Waals surface area contributed by atoms with Crippen molar-refractivity contribution < 1.29 is 22.8 Å². The van der Waals surface area contributed by atoms with Crippen LogP contribution < -0.4 is 9.46 Å². The lowest BCUT2D eigenvalue weighted by Crippen LogP contribution is -2.37. The molecule has 2 heterocycles. The Morgan fingerprint density at radius 3 is 2.87 bits per heavy atom. The second-order valence-corrected chi connectivity index (χ2v) is 12.3. The molecule has 2 atom stereocenters. The van der Waals surface area contributed by atoms with E-state index in [0.29, 0.717) is 55.2 Å². The molecule has 2 aliphatic rings. The Kier molecular flexibility index (Phi) is 8.00. The second-order valence-electron chi connectivity index (χ2n) is 10.4. The van der Waals surface area contributed by atoms with Crippen LogP contribution in [0.1, 0.15) is 55.8 Å². The van der Waals surface area contributed by atoms with Crippen molar-refractivity contribution in [3.63, 3.8) is 0 Å². The molecular weight excluding hydrogens is 518 g/mol. The van der Waals surface area contributed by atoms with Gasteiger partial charge in [-0.2, -0.15) is 10.2 Å². The molecule has 2 aromatic carbocycles. The molecule has 1 aliphatic carbocycles. The van der Waals surface area contributed by atoms with E-state index in [2.05, 4.69) is 20.9 Å². The molecule has 0 amide bonds. The zero-order valence-corrected chi connectivity index (χ0v) is 22.9. The van der Waals surface area contributed by atoms with E-state index >= 15 is 0 Å². The summed E-state index contributed by atoms with van der Waals surface area (Å²) in [6.07, 6.45) is 2.55. The van der Waals surface area contributed by atoms with Crippen molar-refractivity contribution in [1.29, 1.82) is 5.26 Å². The third-order valence-electron chi connectivity index (χ3n) is 7.13. The number of nitrogens with zero attached hydrogens (tertiary/aromatic N) is 4. The van der Waals surface area contributed by atoms with Gasteiger partial charge in [-0.1, -0.05) is 23.4 Å². The molecule has 1 aliphatic heterocycles. The van der Waals surface area contributed by atoms with E-state index in [1.165, 1.54) is 0 Å². The zero-order chi connectivity index (χ0) is 27.6. The van der Waals surface area contributed by atoms with Crippen molar-refractivity contribution in [1.82, 2.24) is 19.8 Å². The summed E-state index contributed by atoms with van der Waals surface area (Å²) < 4.78 is 40.0. The van der Waals surface area contributed by atoms with E-state index < -0.39 is 10.0 Å². The Balaban J connectivity index is 1.35. The second kappa shape index (κ2) is 11.4. The van der Waals surface area contributed by atoms with Crippen LogP contribution in [0.3, 0.4) is 0 Å². The van der Waals surface area contributed by atoms with Gasteiger partial charge in [-0.05, 0) is 68.9 Å². The maximum absolute atomic E-state index is 12.9. The van der Waals surface area contributed by atoms with E-state index in [1.807, 2.05) is 36.9 Å². The number of fused-ring (bicyclic) bond motifs is 1. The Bertz CT molecular complexity index is 1480. The molecule has 0 radical (unpaired) electrons. The van der Waals surface area contributed by atoms with Gasteiger partial charge in [0.05, 0.1) is 23.5 Å². The molecule has 1 saturated heterocycles. The van der Waals surface area contributed by atoms with Gasteiger partial charge in [0.15, 0.2) is 0 Å². The molecule has 3 aromatic rings. The number of likely N-dealkylation sites (tertiary alicyclic amines) is 1. The summed E-state index contributed by atoms with van der Waals surface area (Å²) in [5.41, 5.74) is 3.73. The van der Waals surface area contributed by atoms with Crippen LogP contribution in [0.4, 0.5) is 0 Å². The average Bonchev–Trinajstić information content (AvgIpc) is 3.56. The van der Waals surface area contributed by atoms with Gasteiger partial charge in [0.2, 0.25) is 15.8 Å². The zero-order valence-electron chi connectivity index (χ0n) is 22.1. The van der Waals surface area contributed by atoms with Crippen LogP contribution >= 0.6 is 0 Å². The van der Waals surface area contributed by atoms with Crippen molar-refractivity contribution >= 4 is 10.0 Å². The first-order valence-electron chi connectivity index (χ1n) is 13.3. The van der Waals surface area contributed by atoms with E-state index in [-0.39, 0.29) is 29.9 Å². The van der Waals surface area contributed by atoms with Crippen molar-refractivity contribution in [2.75, 3.05) is 25.4 Å². The molecule has 2 N–H and O–H groups in total. The number of aromatic nitrogens is 2. The number of nitrogens with one attached hydrogen (secondary N) is 1. The molecule has 10 nitrogen and oxygen atoms in total. The predicted octanol–water partition coefficient (Wildman–Crippen LogP) is 3.43. The Morgan fingerprint density at radius 2 is 2.13 bits per heavy atom. The number of hydrogen-bond donors (Lipinski definition) is 2. The summed E-state index contributed by atoms with van der Waals surface area (Å²) in [7, 11) is -3.52. The first-order chi connectivity index (χ1) is 18.7. The van der Waals surface area contributed by atoms with Crippen molar-refractivity contribution in [2.24, 2.45) is 0 Å². The predicted molar refractivity (Wildman–Crippen MR) is 145 cm³/mol. The minimum absolute atomic E-state index is 0.00880. The van der Waals surface area contributed by atoms with E-state index in [9.17, 15) is 18.8 Å². The largest absolute Gasteiger partial charge is 0.490 e. The summed E-state index contributed by atoms with van der Waals surface area (Å²) in [5.74, 6) is 1.19. The smallest absolute Gasteiger partial charge is 0.258 e. The van der Waals surface area contributed by atoms with Gasteiger partial charge in [-0.15, -0.1) is 0 Å². The Hall–Kier alpha value is -3.30. The lowest BCUT2D eigenvalue weighted by molar-refractivity contribution is 0.178. The van der Waals surface area contributed by atoms with Gasteiger partial charge in [0.25, 0.3) is 5.89 Å². The molecule has 1 fully saturated rings. The third kappa shape index (κ3) is 6.31. The normalized spacial score (nSPS) is 19.7. The number of ether oxygens (including phenoxy) is 1. The van der Waals surface area contributed by atoms with Crippen LogP contribution in [-0.2, 0) is 16.4 Å². The maximum Gasteiger partial charge on any atom is 0.258 e. The first kappa shape index (κ1) is 27.3. The van der Waals surface area contributed by atoms with E-state index in [1.54, 1.807) is 18.2 Å². The number of sulfonamides is 1. The van der Waals surface area contributed by atoms with Gasteiger partial charge in [0.1, 0.15) is 11.8 Å². The van der Waals surface area contributed by atoms with Gasteiger partial charge < -0.3 is 14.4 Å². The van der Waals surface area contributed by atoms with Crippen molar-refractivity contribution in [3.05, 3.63) is 53.1 Å². The standard InChI is InChI=1S/C28H33N5O5S/c1-18(2)37-26-10-9-19(15-20(26)16-29)28-30-27(31-38-28)24-7-3-6-23-22(24)5-4-8-25(23)32-39(35,36)14-13-33-12-11-21(34)17-33/h3,6-7,9-10,15,18,21,25,32,34H,4-5,8,11-14,17H2,1-2H3/t21-,25-/m1/s1. The molecule has 11 heteroatoms. The highest BCUT2D eigenvalue weighted by molar-refractivity contribution is 7.89. The topological polar surface area (TPSA) is 142 Å². The van der Waals surface area contributed by atoms with Gasteiger partial charge in [0, 0.05) is 36.8 Å². The average molecular weight is 552 g/mol. The van der Waals surface area contributed by atoms with Crippen LogP contribution in [-0.4, -0.2) is 66.2 Å². The van der Waals surface area contributed by atoms with E-state index in [4.69, 9.17) is 9.26 Å². The molecular formula is C28H33N5O5S. The molecule has 39 heavy (non-hydrogen) atoms. The Morgan fingerprint density at radius 1 is 1.28 bits per heavy atom.